The first-order valence-electron chi connectivity index (χ1n) is 5.34. The second-order valence-electron chi connectivity index (χ2n) is 3.93. The van der Waals surface area contributed by atoms with Gasteiger partial charge in [0.25, 0.3) is 0 Å². The van der Waals surface area contributed by atoms with Crippen LogP contribution in [-0.2, 0) is 4.74 Å². The summed E-state index contributed by atoms with van der Waals surface area (Å²) in [6.45, 7) is 3.38. The van der Waals surface area contributed by atoms with Crippen molar-refractivity contribution < 1.29 is 19.0 Å². The predicted molar refractivity (Wildman–Crippen MR) is 58.8 cm³/mol. The Morgan fingerprint density at radius 3 is 3.12 bits per heavy atom. The summed E-state index contributed by atoms with van der Waals surface area (Å²) in [4.78, 5) is 16.4. The van der Waals surface area contributed by atoms with Gasteiger partial charge in [-0.15, -0.1) is 0 Å². The average molecular weight is 240 g/mol. The van der Waals surface area contributed by atoms with Gasteiger partial charge in [0.15, 0.2) is 11.6 Å². The molecule has 0 aliphatic carbocycles. The fraction of sp³-hybridized carbons (Fsp3) is 0.455. The van der Waals surface area contributed by atoms with Crippen LogP contribution < -0.4 is 4.90 Å². The molecule has 1 N–H and O–H groups in total. The van der Waals surface area contributed by atoms with Gasteiger partial charge in [-0.1, -0.05) is 0 Å². The van der Waals surface area contributed by atoms with Gasteiger partial charge in [0.1, 0.15) is 5.56 Å². The molecule has 0 bridgehead atoms. The van der Waals surface area contributed by atoms with Gasteiger partial charge < -0.3 is 14.7 Å². The van der Waals surface area contributed by atoms with Gasteiger partial charge in [0.2, 0.25) is 0 Å². The molecule has 6 heteroatoms. The number of carboxylic acid groups (broad SMARTS) is 1. The highest BCUT2D eigenvalue weighted by molar-refractivity contribution is 5.88. The molecule has 1 saturated heterocycles. The monoisotopic (exact) mass is 240 g/mol. The lowest BCUT2D eigenvalue weighted by molar-refractivity contribution is 0.0526. The molecule has 0 radical (unpaired) electrons. The number of anilines is 1. The van der Waals surface area contributed by atoms with Crippen LogP contribution in [0.2, 0.25) is 0 Å². The number of hydrogen-bond donors (Lipinski definition) is 1. The summed E-state index contributed by atoms with van der Waals surface area (Å²) in [5.74, 6) is -1.98. The Morgan fingerprint density at radius 1 is 1.71 bits per heavy atom. The molecule has 1 fully saturated rings. The molecule has 0 aromatic carbocycles. The lowest BCUT2D eigenvalue weighted by atomic mass is 10.2. The fourth-order valence-electron chi connectivity index (χ4n) is 1.83. The first kappa shape index (κ1) is 11.8. The Morgan fingerprint density at radius 2 is 2.47 bits per heavy atom. The van der Waals surface area contributed by atoms with E-state index in [0.29, 0.717) is 19.7 Å². The van der Waals surface area contributed by atoms with E-state index < -0.39 is 11.8 Å². The van der Waals surface area contributed by atoms with Crippen molar-refractivity contribution in [2.24, 2.45) is 0 Å². The van der Waals surface area contributed by atoms with Gasteiger partial charge >= 0.3 is 5.97 Å². The predicted octanol–water partition coefficient (Wildman–Crippen LogP) is 1.14. The number of aromatic nitrogens is 1. The van der Waals surface area contributed by atoms with Crippen molar-refractivity contribution >= 4 is 11.8 Å². The van der Waals surface area contributed by atoms with Crippen molar-refractivity contribution in [2.45, 2.75) is 13.0 Å². The molecule has 0 saturated carbocycles. The van der Waals surface area contributed by atoms with E-state index in [9.17, 15) is 9.18 Å². The Labute approximate surface area is 97.8 Å². The maximum Gasteiger partial charge on any atom is 0.338 e. The zero-order valence-electron chi connectivity index (χ0n) is 9.39. The SMILES string of the molecule is CC1CN(c2nccc(C(=O)O)c2F)CCO1. The fourth-order valence-corrected chi connectivity index (χ4v) is 1.83. The molecule has 1 aromatic rings. The molecule has 1 unspecified atom stereocenters. The molecule has 0 amide bonds. The average Bonchev–Trinajstić information content (AvgIpc) is 2.29. The van der Waals surface area contributed by atoms with E-state index in [1.54, 1.807) is 4.90 Å². The minimum Gasteiger partial charge on any atom is -0.478 e. The summed E-state index contributed by atoms with van der Waals surface area (Å²) in [6.07, 6.45) is 1.29. The second-order valence-corrected chi connectivity index (χ2v) is 3.93. The van der Waals surface area contributed by atoms with Crippen LogP contribution in [0, 0.1) is 5.82 Å². The zero-order chi connectivity index (χ0) is 12.4. The van der Waals surface area contributed by atoms with Crippen LogP contribution in [0.4, 0.5) is 10.2 Å². The Hall–Kier alpha value is -1.69. The molecule has 1 aromatic heterocycles. The zero-order valence-corrected chi connectivity index (χ0v) is 9.39. The van der Waals surface area contributed by atoms with Crippen LogP contribution in [0.3, 0.4) is 0 Å². The topological polar surface area (TPSA) is 62.7 Å². The first-order valence-corrected chi connectivity index (χ1v) is 5.34. The second kappa shape index (κ2) is 4.67. The van der Waals surface area contributed by atoms with E-state index in [2.05, 4.69) is 4.98 Å². The number of rotatable bonds is 2. The molecule has 92 valence electrons. The van der Waals surface area contributed by atoms with Gasteiger partial charge in [0.05, 0.1) is 12.7 Å². The Balaban J connectivity index is 2.32. The highest BCUT2D eigenvalue weighted by Gasteiger charge is 2.23. The Kier molecular flexibility index (Phi) is 3.23. The van der Waals surface area contributed by atoms with Gasteiger partial charge in [0, 0.05) is 19.3 Å². The van der Waals surface area contributed by atoms with E-state index >= 15 is 0 Å². The summed E-state index contributed by atoms with van der Waals surface area (Å²) in [6, 6.07) is 1.16. The smallest absolute Gasteiger partial charge is 0.338 e. The molecule has 2 heterocycles. The van der Waals surface area contributed by atoms with Crippen LogP contribution in [0.1, 0.15) is 17.3 Å². The van der Waals surface area contributed by atoms with Crippen LogP contribution in [-0.4, -0.2) is 41.9 Å². The summed E-state index contributed by atoms with van der Waals surface area (Å²) < 4.78 is 19.2. The van der Waals surface area contributed by atoms with Crippen LogP contribution in [0.25, 0.3) is 0 Å². The number of carboxylic acids is 1. The first-order chi connectivity index (χ1) is 8.09. The lowest BCUT2D eigenvalue weighted by Gasteiger charge is -2.32. The Bertz CT molecular complexity index is 439. The van der Waals surface area contributed by atoms with E-state index in [0.717, 1.165) is 6.07 Å². The maximum absolute atomic E-state index is 13.9. The minimum atomic E-state index is -1.28. The van der Waals surface area contributed by atoms with Crippen LogP contribution >= 0.6 is 0 Å². The van der Waals surface area contributed by atoms with Gasteiger partial charge in [-0.2, -0.15) is 0 Å². The largest absolute Gasteiger partial charge is 0.478 e. The highest BCUT2D eigenvalue weighted by Crippen LogP contribution is 2.21. The number of nitrogens with zero attached hydrogens (tertiary/aromatic N) is 2. The molecular weight excluding hydrogens is 227 g/mol. The summed E-state index contributed by atoms with van der Waals surface area (Å²) in [7, 11) is 0. The van der Waals surface area contributed by atoms with Crippen molar-refractivity contribution in [3.8, 4) is 0 Å². The summed E-state index contributed by atoms with van der Waals surface area (Å²) >= 11 is 0. The molecule has 2 rings (SSSR count). The standard InChI is InChI=1S/C11H13FN2O3/c1-7-6-14(4-5-17-7)10-9(12)8(11(15)16)2-3-13-10/h2-3,7H,4-6H2,1H3,(H,15,16). The molecule has 1 atom stereocenters. The normalized spacial score (nSPS) is 20.4. The van der Waals surface area contributed by atoms with Gasteiger partial charge in [-0.25, -0.2) is 14.2 Å². The molecule has 0 spiro atoms. The van der Waals surface area contributed by atoms with Gasteiger partial charge in [-0.3, -0.25) is 0 Å². The minimum absolute atomic E-state index is 0.0153. The van der Waals surface area contributed by atoms with Crippen molar-refractivity contribution in [3.05, 3.63) is 23.6 Å². The number of hydrogen-bond acceptors (Lipinski definition) is 4. The van der Waals surface area contributed by atoms with E-state index in [1.165, 1.54) is 6.20 Å². The van der Waals surface area contributed by atoms with E-state index in [4.69, 9.17) is 9.84 Å². The number of aromatic carboxylic acids is 1. The van der Waals surface area contributed by atoms with Crippen LogP contribution in [0.15, 0.2) is 12.3 Å². The molecule has 17 heavy (non-hydrogen) atoms. The van der Waals surface area contributed by atoms with Crippen molar-refractivity contribution in [2.75, 3.05) is 24.6 Å². The maximum atomic E-state index is 13.9. The van der Waals surface area contributed by atoms with E-state index in [-0.39, 0.29) is 17.5 Å². The third kappa shape index (κ3) is 2.36. The summed E-state index contributed by atoms with van der Waals surface area (Å²) in [5.41, 5.74) is -0.353. The number of halogens is 1. The summed E-state index contributed by atoms with van der Waals surface area (Å²) in [5, 5.41) is 8.83. The number of pyridine rings is 1. The molecule has 5 nitrogen and oxygen atoms in total. The molecule has 1 aliphatic rings. The number of ether oxygens (including phenoxy) is 1. The number of carbonyl (C=O) groups is 1. The lowest BCUT2D eigenvalue weighted by Crippen LogP contribution is -2.42. The van der Waals surface area contributed by atoms with Crippen molar-refractivity contribution in [1.82, 2.24) is 4.98 Å². The van der Waals surface area contributed by atoms with Crippen LogP contribution in [0.5, 0.6) is 0 Å². The number of morpholine rings is 1. The highest BCUT2D eigenvalue weighted by atomic mass is 19.1. The molecule has 1 aliphatic heterocycles. The molecular formula is C11H13FN2O3. The van der Waals surface area contributed by atoms with E-state index in [1.807, 2.05) is 6.92 Å². The third-order valence-electron chi connectivity index (χ3n) is 2.64. The van der Waals surface area contributed by atoms with Crippen molar-refractivity contribution in [1.29, 1.82) is 0 Å². The quantitative estimate of drug-likeness (QED) is 0.840. The van der Waals surface area contributed by atoms with Crippen molar-refractivity contribution in [3.63, 3.8) is 0 Å². The third-order valence-corrected chi connectivity index (χ3v) is 2.64. The van der Waals surface area contributed by atoms with Gasteiger partial charge in [-0.05, 0) is 13.0 Å².